The highest BCUT2D eigenvalue weighted by Crippen LogP contribution is 2.31. The van der Waals surface area contributed by atoms with Crippen LogP contribution in [0.15, 0.2) is 30.3 Å². The van der Waals surface area contributed by atoms with Crippen molar-refractivity contribution >= 4 is 5.91 Å². The van der Waals surface area contributed by atoms with Crippen LogP contribution in [0.4, 0.5) is 0 Å². The Labute approximate surface area is 70.2 Å². The molecule has 1 aromatic carbocycles. The van der Waals surface area contributed by atoms with Crippen LogP contribution >= 0.6 is 0 Å². The molecule has 3 heteroatoms. The zero-order chi connectivity index (χ0) is 8.55. The molecule has 1 heterocycles. The number of carbonyl (C=O) groups is 1. The SMILES string of the molecule is O=C1CC(c2ccccc2)N1O. The van der Waals surface area contributed by atoms with Gasteiger partial charge in [0.25, 0.3) is 0 Å². The normalized spacial score (nSPS) is 22.2. The van der Waals surface area contributed by atoms with E-state index in [1.54, 1.807) is 0 Å². The molecule has 0 saturated carbocycles. The van der Waals surface area contributed by atoms with Gasteiger partial charge in [0, 0.05) is 0 Å². The van der Waals surface area contributed by atoms with Crippen molar-refractivity contribution in [3.8, 4) is 0 Å². The second kappa shape index (κ2) is 2.60. The van der Waals surface area contributed by atoms with Crippen LogP contribution in [0.5, 0.6) is 0 Å². The second-order valence-corrected chi connectivity index (χ2v) is 2.87. The predicted octanol–water partition coefficient (Wildman–Crippen LogP) is 1.35. The number of rotatable bonds is 1. The van der Waals surface area contributed by atoms with Gasteiger partial charge in [0.05, 0.1) is 12.5 Å². The lowest BCUT2D eigenvalue weighted by Gasteiger charge is -2.34. The molecule has 1 aromatic rings. The highest BCUT2D eigenvalue weighted by molar-refractivity contribution is 5.82. The number of hydrogen-bond donors (Lipinski definition) is 1. The minimum atomic E-state index is -0.205. The van der Waals surface area contributed by atoms with Crippen LogP contribution in [0.25, 0.3) is 0 Å². The van der Waals surface area contributed by atoms with Crippen LogP contribution in [0.1, 0.15) is 18.0 Å². The Morgan fingerprint density at radius 1 is 1.33 bits per heavy atom. The van der Waals surface area contributed by atoms with Crippen molar-refractivity contribution in [1.82, 2.24) is 5.06 Å². The van der Waals surface area contributed by atoms with E-state index in [-0.39, 0.29) is 11.9 Å². The van der Waals surface area contributed by atoms with Gasteiger partial charge in [-0.2, -0.15) is 0 Å². The summed E-state index contributed by atoms with van der Waals surface area (Å²) in [6, 6.07) is 9.38. The number of benzene rings is 1. The molecule has 1 amide bonds. The molecule has 12 heavy (non-hydrogen) atoms. The van der Waals surface area contributed by atoms with Crippen LogP contribution in [-0.4, -0.2) is 16.2 Å². The monoisotopic (exact) mass is 163 g/mol. The third-order valence-electron chi connectivity index (χ3n) is 2.10. The highest BCUT2D eigenvalue weighted by atomic mass is 16.5. The lowest BCUT2D eigenvalue weighted by Crippen LogP contribution is -2.43. The Morgan fingerprint density at radius 2 is 2.00 bits per heavy atom. The fourth-order valence-corrected chi connectivity index (χ4v) is 1.34. The van der Waals surface area contributed by atoms with Gasteiger partial charge in [-0.05, 0) is 5.56 Å². The first kappa shape index (κ1) is 7.31. The number of hydrogen-bond acceptors (Lipinski definition) is 2. The van der Waals surface area contributed by atoms with Crippen molar-refractivity contribution in [2.24, 2.45) is 0 Å². The van der Waals surface area contributed by atoms with Crippen molar-refractivity contribution in [2.45, 2.75) is 12.5 Å². The summed E-state index contributed by atoms with van der Waals surface area (Å²) in [5.41, 5.74) is 0.986. The molecular weight excluding hydrogens is 154 g/mol. The van der Waals surface area contributed by atoms with E-state index in [4.69, 9.17) is 5.21 Å². The summed E-state index contributed by atoms with van der Waals surface area (Å²) in [7, 11) is 0. The maximum Gasteiger partial charge on any atom is 0.249 e. The molecule has 1 atom stereocenters. The Morgan fingerprint density at radius 3 is 2.50 bits per heavy atom. The lowest BCUT2D eigenvalue weighted by molar-refractivity contribution is -0.203. The quantitative estimate of drug-likeness (QED) is 0.501. The van der Waals surface area contributed by atoms with Gasteiger partial charge in [-0.3, -0.25) is 10.0 Å². The van der Waals surface area contributed by atoms with Crippen LogP contribution in [0.3, 0.4) is 0 Å². The average Bonchev–Trinajstić information content (AvgIpc) is 2.15. The molecule has 0 radical (unpaired) electrons. The molecule has 3 nitrogen and oxygen atoms in total. The topological polar surface area (TPSA) is 40.5 Å². The fourth-order valence-electron chi connectivity index (χ4n) is 1.34. The molecule has 1 unspecified atom stereocenters. The molecular formula is C9H9NO2. The first-order valence-electron chi connectivity index (χ1n) is 3.85. The van der Waals surface area contributed by atoms with Crippen molar-refractivity contribution in [3.05, 3.63) is 35.9 Å². The first-order valence-corrected chi connectivity index (χ1v) is 3.85. The van der Waals surface area contributed by atoms with Gasteiger partial charge in [0.1, 0.15) is 0 Å². The Kier molecular flexibility index (Phi) is 1.59. The smallest absolute Gasteiger partial charge is 0.249 e. The van der Waals surface area contributed by atoms with Crippen LogP contribution in [0, 0.1) is 0 Å². The Hall–Kier alpha value is -1.35. The predicted molar refractivity (Wildman–Crippen MR) is 42.4 cm³/mol. The van der Waals surface area contributed by atoms with E-state index in [0.29, 0.717) is 6.42 Å². The molecule has 62 valence electrons. The van der Waals surface area contributed by atoms with Crippen LogP contribution < -0.4 is 0 Å². The third-order valence-corrected chi connectivity index (χ3v) is 2.10. The molecule has 1 N–H and O–H groups in total. The molecule has 0 aliphatic carbocycles. The average molecular weight is 163 g/mol. The lowest BCUT2D eigenvalue weighted by atomic mass is 9.97. The summed E-state index contributed by atoms with van der Waals surface area (Å²) in [5.74, 6) is -0.205. The molecule has 1 aliphatic rings. The number of carbonyl (C=O) groups excluding carboxylic acids is 1. The molecule has 1 saturated heterocycles. The summed E-state index contributed by atoms with van der Waals surface area (Å²) >= 11 is 0. The van der Waals surface area contributed by atoms with Gasteiger partial charge in [-0.15, -0.1) is 0 Å². The van der Waals surface area contributed by atoms with Crippen LogP contribution in [0.2, 0.25) is 0 Å². The first-order chi connectivity index (χ1) is 5.79. The number of nitrogens with zero attached hydrogens (tertiary/aromatic N) is 1. The summed E-state index contributed by atoms with van der Waals surface area (Å²) in [6.45, 7) is 0. The Bertz CT molecular complexity index is 297. The van der Waals surface area contributed by atoms with E-state index in [1.165, 1.54) is 0 Å². The largest absolute Gasteiger partial charge is 0.285 e. The summed E-state index contributed by atoms with van der Waals surface area (Å²) in [4.78, 5) is 10.7. The van der Waals surface area contributed by atoms with Gasteiger partial charge in [0.15, 0.2) is 0 Å². The van der Waals surface area contributed by atoms with E-state index in [1.807, 2.05) is 30.3 Å². The van der Waals surface area contributed by atoms with Gasteiger partial charge < -0.3 is 0 Å². The maximum absolute atomic E-state index is 10.7. The van der Waals surface area contributed by atoms with E-state index in [9.17, 15) is 4.79 Å². The highest BCUT2D eigenvalue weighted by Gasteiger charge is 2.35. The minimum Gasteiger partial charge on any atom is -0.285 e. The standard InChI is InChI=1S/C9H9NO2/c11-9-6-8(10(9)12)7-4-2-1-3-5-7/h1-5,8,12H,6H2. The summed E-state index contributed by atoms with van der Waals surface area (Å²) in [5, 5.41) is 9.90. The zero-order valence-electron chi connectivity index (χ0n) is 6.47. The van der Waals surface area contributed by atoms with E-state index in [2.05, 4.69) is 0 Å². The van der Waals surface area contributed by atoms with Gasteiger partial charge >= 0.3 is 0 Å². The van der Waals surface area contributed by atoms with Crippen molar-refractivity contribution < 1.29 is 10.0 Å². The Balaban J connectivity index is 2.18. The van der Waals surface area contributed by atoms with Gasteiger partial charge in [0.2, 0.25) is 5.91 Å². The minimum absolute atomic E-state index is 0.126. The maximum atomic E-state index is 10.7. The molecule has 1 fully saturated rings. The summed E-state index contributed by atoms with van der Waals surface area (Å²) < 4.78 is 0. The van der Waals surface area contributed by atoms with Crippen molar-refractivity contribution in [3.63, 3.8) is 0 Å². The summed E-state index contributed by atoms with van der Waals surface area (Å²) in [6.07, 6.45) is 0.417. The molecule has 2 rings (SSSR count). The van der Waals surface area contributed by atoms with E-state index < -0.39 is 0 Å². The number of amides is 1. The van der Waals surface area contributed by atoms with E-state index >= 15 is 0 Å². The van der Waals surface area contributed by atoms with Crippen molar-refractivity contribution in [2.75, 3.05) is 0 Å². The van der Waals surface area contributed by atoms with Crippen molar-refractivity contribution in [1.29, 1.82) is 0 Å². The third kappa shape index (κ3) is 0.987. The van der Waals surface area contributed by atoms with Crippen LogP contribution in [-0.2, 0) is 4.79 Å². The number of β-lactam (4-membered cyclic amide) rings is 1. The molecule has 0 bridgehead atoms. The zero-order valence-corrected chi connectivity index (χ0v) is 6.47. The molecule has 1 aliphatic heterocycles. The fraction of sp³-hybridized carbons (Fsp3) is 0.222. The molecule has 0 aromatic heterocycles. The van der Waals surface area contributed by atoms with Gasteiger partial charge in [-0.25, -0.2) is 5.06 Å². The van der Waals surface area contributed by atoms with Gasteiger partial charge in [-0.1, -0.05) is 30.3 Å². The number of hydroxylamine groups is 2. The van der Waals surface area contributed by atoms with E-state index in [0.717, 1.165) is 10.6 Å². The molecule has 0 spiro atoms. The second-order valence-electron chi connectivity index (χ2n) is 2.87.